The zero-order valence-electron chi connectivity index (χ0n) is 17.6. The van der Waals surface area contributed by atoms with Gasteiger partial charge in [-0.25, -0.2) is 8.42 Å². The van der Waals surface area contributed by atoms with E-state index in [1.54, 1.807) is 26.4 Å². The van der Waals surface area contributed by atoms with Crippen LogP contribution < -0.4 is 10.1 Å². The number of sulfonamides is 1. The van der Waals surface area contributed by atoms with E-state index in [1.165, 1.54) is 16.4 Å². The molecule has 1 N–H and O–H groups in total. The van der Waals surface area contributed by atoms with Crippen molar-refractivity contribution in [2.75, 3.05) is 40.5 Å². The van der Waals surface area contributed by atoms with Gasteiger partial charge < -0.3 is 14.8 Å². The number of halogens is 1. The third kappa shape index (κ3) is 5.57. The van der Waals surface area contributed by atoms with Gasteiger partial charge in [-0.05, 0) is 48.4 Å². The van der Waals surface area contributed by atoms with E-state index in [0.717, 1.165) is 5.56 Å². The van der Waals surface area contributed by atoms with Gasteiger partial charge in [0.15, 0.2) is 0 Å². The van der Waals surface area contributed by atoms with Gasteiger partial charge in [0.2, 0.25) is 15.9 Å². The van der Waals surface area contributed by atoms with Crippen LogP contribution in [0.2, 0.25) is 5.02 Å². The molecule has 3 rings (SSSR count). The molecule has 2 unspecified atom stereocenters. The van der Waals surface area contributed by atoms with Gasteiger partial charge >= 0.3 is 0 Å². The van der Waals surface area contributed by atoms with E-state index in [0.29, 0.717) is 30.3 Å². The van der Waals surface area contributed by atoms with Crippen molar-refractivity contribution in [2.45, 2.75) is 17.2 Å². The van der Waals surface area contributed by atoms with E-state index in [4.69, 9.17) is 21.1 Å². The second-order valence-corrected chi connectivity index (χ2v) is 9.77. The Kier molecular flexibility index (Phi) is 7.94. The predicted molar refractivity (Wildman–Crippen MR) is 119 cm³/mol. The summed E-state index contributed by atoms with van der Waals surface area (Å²) in [6, 6.07) is 13.5. The van der Waals surface area contributed by atoms with E-state index in [9.17, 15) is 13.2 Å². The first-order valence-electron chi connectivity index (χ1n) is 10.0. The second kappa shape index (κ2) is 10.5. The van der Waals surface area contributed by atoms with Crippen LogP contribution >= 0.6 is 11.6 Å². The molecule has 2 aromatic carbocycles. The van der Waals surface area contributed by atoms with Crippen LogP contribution in [-0.4, -0.2) is 59.1 Å². The van der Waals surface area contributed by atoms with E-state index < -0.39 is 15.9 Å². The molecule has 31 heavy (non-hydrogen) atoms. The van der Waals surface area contributed by atoms with Gasteiger partial charge in [0, 0.05) is 44.3 Å². The van der Waals surface area contributed by atoms with Crippen molar-refractivity contribution in [1.29, 1.82) is 0 Å². The Balaban J connectivity index is 1.85. The van der Waals surface area contributed by atoms with Gasteiger partial charge in [0.1, 0.15) is 5.75 Å². The lowest BCUT2D eigenvalue weighted by Gasteiger charge is -2.18. The molecule has 0 aromatic heterocycles. The zero-order chi connectivity index (χ0) is 22.4. The first-order valence-corrected chi connectivity index (χ1v) is 11.8. The summed E-state index contributed by atoms with van der Waals surface area (Å²) in [5, 5.41) is 3.38. The summed E-state index contributed by atoms with van der Waals surface area (Å²) in [7, 11) is -0.561. The number of nitrogens with zero attached hydrogens (tertiary/aromatic N) is 1. The second-order valence-electron chi connectivity index (χ2n) is 7.40. The van der Waals surface area contributed by atoms with E-state index in [1.807, 2.05) is 24.3 Å². The molecular weight excluding hydrogens is 440 g/mol. The number of benzene rings is 2. The maximum absolute atomic E-state index is 13.2. The van der Waals surface area contributed by atoms with Gasteiger partial charge in [0.25, 0.3) is 0 Å². The number of rotatable bonds is 9. The normalized spacial score (nSPS) is 19.3. The molecule has 1 saturated heterocycles. The van der Waals surface area contributed by atoms with Gasteiger partial charge in [-0.2, -0.15) is 4.31 Å². The molecule has 0 radical (unpaired) electrons. The van der Waals surface area contributed by atoms with Crippen LogP contribution in [-0.2, 0) is 19.6 Å². The molecular formula is C22H27ClN2O5S. The van der Waals surface area contributed by atoms with Crippen molar-refractivity contribution >= 4 is 27.5 Å². The van der Waals surface area contributed by atoms with Crippen molar-refractivity contribution in [1.82, 2.24) is 9.62 Å². The number of hydrogen-bond donors (Lipinski definition) is 1. The average Bonchev–Trinajstić information content (AvgIpc) is 3.23. The number of carbonyl (C=O) groups excluding carboxylic acids is 1. The Morgan fingerprint density at radius 2 is 1.77 bits per heavy atom. The molecule has 0 spiro atoms. The monoisotopic (exact) mass is 466 g/mol. The Hall–Kier alpha value is -2.13. The van der Waals surface area contributed by atoms with Crippen molar-refractivity contribution in [3.05, 3.63) is 59.1 Å². The molecule has 0 bridgehead atoms. The Morgan fingerprint density at radius 1 is 1.10 bits per heavy atom. The van der Waals surface area contributed by atoms with Crippen LogP contribution in [0.15, 0.2) is 53.4 Å². The third-order valence-electron chi connectivity index (χ3n) is 5.44. The number of hydrogen-bond acceptors (Lipinski definition) is 5. The average molecular weight is 467 g/mol. The zero-order valence-corrected chi connectivity index (χ0v) is 19.2. The lowest BCUT2D eigenvalue weighted by Crippen LogP contribution is -2.36. The summed E-state index contributed by atoms with van der Waals surface area (Å²) in [4.78, 5) is 13.1. The van der Waals surface area contributed by atoms with Crippen LogP contribution in [0.25, 0.3) is 0 Å². The Morgan fingerprint density at radius 3 is 2.39 bits per heavy atom. The van der Waals surface area contributed by atoms with Crippen molar-refractivity contribution in [3.63, 3.8) is 0 Å². The molecule has 0 aliphatic carbocycles. The van der Waals surface area contributed by atoms with Gasteiger partial charge in [-0.15, -0.1) is 0 Å². The molecule has 1 amide bonds. The summed E-state index contributed by atoms with van der Waals surface area (Å²) in [6.07, 6.45) is 0.689. The molecule has 7 nitrogen and oxygen atoms in total. The fourth-order valence-electron chi connectivity index (χ4n) is 3.73. The molecule has 2 atom stereocenters. The highest BCUT2D eigenvalue weighted by molar-refractivity contribution is 7.89. The van der Waals surface area contributed by atoms with E-state index in [2.05, 4.69) is 5.32 Å². The van der Waals surface area contributed by atoms with Crippen LogP contribution in [0.3, 0.4) is 0 Å². The van der Waals surface area contributed by atoms with Crippen molar-refractivity contribution in [2.24, 2.45) is 5.92 Å². The molecule has 0 saturated carbocycles. The lowest BCUT2D eigenvalue weighted by atomic mass is 9.88. The highest BCUT2D eigenvalue weighted by atomic mass is 35.5. The first kappa shape index (κ1) is 23.5. The molecule has 1 aliphatic heterocycles. The summed E-state index contributed by atoms with van der Waals surface area (Å²) < 4.78 is 38.0. The van der Waals surface area contributed by atoms with E-state index >= 15 is 0 Å². The number of nitrogens with one attached hydrogen (secondary N) is 1. The quantitative estimate of drug-likeness (QED) is 0.574. The summed E-state index contributed by atoms with van der Waals surface area (Å²) in [5.41, 5.74) is 0.895. The van der Waals surface area contributed by atoms with Gasteiger partial charge in [0.05, 0.1) is 17.9 Å². The van der Waals surface area contributed by atoms with Crippen LogP contribution in [0.1, 0.15) is 17.9 Å². The summed E-state index contributed by atoms with van der Waals surface area (Å²) in [6.45, 7) is 1.34. The van der Waals surface area contributed by atoms with E-state index in [-0.39, 0.29) is 29.8 Å². The van der Waals surface area contributed by atoms with Gasteiger partial charge in [-0.3, -0.25) is 4.79 Å². The minimum Gasteiger partial charge on any atom is -0.497 e. The Labute approximate surface area is 188 Å². The number of methoxy groups -OCH3 is 2. The maximum atomic E-state index is 13.2. The molecule has 1 heterocycles. The van der Waals surface area contributed by atoms with Crippen LogP contribution in [0.5, 0.6) is 5.75 Å². The molecule has 1 aliphatic rings. The first-order chi connectivity index (χ1) is 14.9. The lowest BCUT2D eigenvalue weighted by molar-refractivity contribution is -0.124. The van der Waals surface area contributed by atoms with Crippen molar-refractivity contribution in [3.8, 4) is 5.75 Å². The standard InChI is InChI=1S/C22H27ClN2O5S/c1-29-13-3-12-24-22(26)21-15-25(31(27,28)19-10-6-17(23)7-11-19)14-20(21)16-4-8-18(30-2)9-5-16/h4-11,20-21H,3,12-15H2,1-2H3,(H,24,26). The smallest absolute Gasteiger partial charge is 0.243 e. The molecule has 9 heteroatoms. The molecule has 1 fully saturated rings. The molecule has 168 valence electrons. The van der Waals surface area contributed by atoms with Crippen LogP contribution in [0, 0.1) is 5.92 Å². The fourth-order valence-corrected chi connectivity index (χ4v) is 5.35. The third-order valence-corrected chi connectivity index (χ3v) is 7.54. The highest BCUT2D eigenvalue weighted by Gasteiger charge is 2.43. The minimum absolute atomic E-state index is 0.109. The topological polar surface area (TPSA) is 84.9 Å². The van der Waals surface area contributed by atoms with Crippen molar-refractivity contribution < 1.29 is 22.7 Å². The minimum atomic E-state index is -3.75. The van der Waals surface area contributed by atoms with Gasteiger partial charge in [-0.1, -0.05) is 23.7 Å². The summed E-state index contributed by atoms with van der Waals surface area (Å²) in [5.74, 6) is -0.230. The largest absolute Gasteiger partial charge is 0.497 e. The summed E-state index contributed by atoms with van der Waals surface area (Å²) >= 11 is 5.90. The fraction of sp³-hybridized carbons (Fsp3) is 0.409. The predicted octanol–water partition coefficient (Wildman–Crippen LogP) is 2.91. The van der Waals surface area contributed by atoms with Crippen LogP contribution in [0.4, 0.5) is 0 Å². The SMILES string of the molecule is COCCCNC(=O)C1CN(S(=O)(=O)c2ccc(Cl)cc2)CC1c1ccc(OC)cc1. The maximum Gasteiger partial charge on any atom is 0.243 e. The Bertz CT molecular complexity index is 980. The molecule has 2 aromatic rings. The number of ether oxygens (including phenoxy) is 2. The number of amides is 1. The number of carbonyl (C=O) groups is 1. The highest BCUT2D eigenvalue weighted by Crippen LogP contribution is 2.36.